The molecule has 1 aliphatic rings. The number of likely N-dealkylation sites (tertiary alicyclic amines) is 1. The Morgan fingerprint density at radius 2 is 2.08 bits per heavy atom. The molecule has 1 fully saturated rings. The van der Waals surface area contributed by atoms with Crippen LogP contribution in [-0.4, -0.2) is 60.8 Å². The van der Waals surface area contributed by atoms with Crippen molar-refractivity contribution in [3.05, 3.63) is 0 Å². The highest BCUT2D eigenvalue weighted by atomic mass is 16.3. The number of aliphatic hydroxyl groups excluding tert-OH is 1. The van der Waals surface area contributed by atoms with E-state index in [-0.39, 0.29) is 6.61 Å². The average Bonchev–Trinajstić information content (AvgIpc) is 1.95. The van der Waals surface area contributed by atoms with Gasteiger partial charge in [-0.3, -0.25) is 0 Å². The van der Waals surface area contributed by atoms with Crippen LogP contribution in [0, 0.1) is 5.92 Å². The van der Waals surface area contributed by atoms with Gasteiger partial charge in [0.05, 0.1) is 6.61 Å². The Bertz CT molecular complexity index is 144. The minimum absolute atomic E-state index is 0.275. The third-order valence-corrected chi connectivity index (χ3v) is 2.77. The zero-order valence-electron chi connectivity index (χ0n) is 9.03. The highest BCUT2D eigenvalue weighted by molar-refractivity contribution is 4.83. The Kier molecular flexibility index (Phi) is 4.16. The molecule has 3 heteroatoms. The van der Waals surface area contributed by atoms with Crippen LogP contribution in [0.3, 0.4) is 0 Å². The van der Waals surface area contributed by atoms with Gasteiger partial charge >= 0.3 is 0 Å². The molecule has 0 aromatic heterocycles. The standard InChI is InChI=1S/C10H22N2O/c1-9(2)12-7-10(8-12)6-11(3)4-5-13/h9-10,13H,4-8H2,1-3H3. The van der Waals surface area contributed by atoms with Gasteiger partial charge in [0.1, 0.15) is 0 Å². The first-order valence-electron chi connectivity index (χ1n) is 5.17. The molecule has 0 unspecified atom stereocenters. The van der Waals surface area contributed by atoms with Crippen LogP contribution in [0.15, 0.2) is 0 Å². The van der Waals surface area contributed by atoms with E-state index in [1.54, 1.807) is 0 Å². The Labute approximate surface area is 81.3 Å². The summed E-state index contributed by atoms with van der Waals surface area (Å²) in [7, 11) is 2.08. The van der Waals surface area contributed by atoms with Crippen molar-refractivity contribution in [2.75, 3.05) is 39.8 Å². The lowest BCUT2D eigenvalue weighted by molar-refractivity contribution is 0.0446. The third-order valence-electron chi connectivity index (χ3n) is 2.77. The number of hydrogen-bond acceptors (Lipinski definition) is 3. The average molecular weight is 186 g/mol. The van der Waals surface area contributed by atoms with Crippen LogP contribution in [0.25, 0.3) is 0 Å². The summed E-state index contributed by atoms with van der Waals surface area (Å²) in [5.74, 6) is 0.818. The molecule has 13 heavy (non-hydrogen) atoms. The molecular weight excluding hydrogens is 164 g/mol. The van der Waals surface area contributed by atoms with Gasteiger partial charge in [-0.2, -0.15) is 0 Å². The van der Waals surface area contributed by atoms with E-state index in [0.717, 1.165) is 19.0 Å². The maximum absolute atomic E-state index is 8.73. The third kappa shape index (κ3) is 3.25. The molecule has 0 bridgehead atoms. The molecule has 0 aliphatic carbocycles. The zero-order chi connectivity index (χ0) is 9.84. The Balaban J connectivity index is 2.07. The van der Waals surface area contributed by atoms with Crippen molar-refractivity contribution in [1.82, 2.24) is 9.80 Å². The van der Waals surface area contributed by atoms with Gasteiger partial charge in [-0.05, 0) is 26.8 Å². The molecule has 1 saturated heterocycles. The number of hydrogen-bond donors (Lipinski definition) is 1. The van der Waals surface area contributed by atoms with Gasteiger partial charge in [-0.25, -0.2) is 0 Å². The lowest BCUT2D eigenvalue weighted by Crippen LogP contribution is -2.53. The van der Waals surface area contributed by atoms with E-state index in [9.17, 15) is 0 Å². The highest BCUT2D eigenvalue weighted by Gasteiger charge is 2.28. The normalized spacial score (nSPS) is 19.8. The maximum Gasteiger partial charge on any atom is 0.0558 e. The summed E-state index contributed by atoms with van der Waals surface area (Å²) < 4.78 is 0. The Morgan fingerprint density at radius 3 is 2.54 bits per heavy atom. The lowest BCUT2D eigenvalue weighted by Gasteiger charge is -2.43. The minimum Gasteiger partial charge on any atom is -0.395 e. The van der Waals surface area contributed by atoms with Gasteiger partial charge < -0.3 is 14.9 Å². The monoisotopic (exact) mass is 186 g/mol. The lowest BCUT2D eigenvalue weighted by atomic mass is 9.98. The molecule has 0 aromatic carbocycles. The summed E-state index contributed by atoms with van der Waals surface area (Å²) in [5.41, 5.74) is 0. The fraction of sp³-hybridized carbons (Fsp3) is 1.00. The van der Waals surface area contributed by atoms with E-state index in [1.165, 1.54) is 13.1 Å². The van der Waals surface area contributed by atoms with Crippen LogP contribution >= 0.6 is 0 Å². The molecule has 0 aromatic rings. The van der Waals surface area contributed by atoms with Crippen molar-refractivity contribution < 1.29 is 5.11 Å². The fourth-order valence-corrected chi connectivity index (χ4v) is 1.85. The van der Waals surface area contributed by atoms with Gasteiger partial charge in [0.15, 0.2) is 0 Å². The van der Waals surface area contributed by atoms with E-state index in [1.807, 2.05) is 0 Å². The fourth-order valence-electron chi connectivity index (χ4n) is 1.85. The van der Waals surface area contributed by atoms with Gasteiger partial charge in [0, 0.05) is 32.2 Å². The quantitative estimate of drug-likeness (QED) is 0.667. The number of aliphatic hydroxyl groups is 1. The van der Waals surface area contributed by atoms with Crippen molar-refractivity contribution in [3.8, 4) is 0 Å². The van der Waals surface area contributed by atoms with Crippen LogP contribution in [0.2, 0.25) is 0 Å². The first-order chi connectivity index (χ1) is 6.13. The van der Waals surface area contributed by atoms with Gasteiger partial charge in [-0.15, -0.1) is 0 Å². The van der Waals surface area contributed by atoms with Crippen molar-refractivity contribution >= 4 is 0 Å². The molecule has 3 nitrogen and oxygen atoms in total. The second kappa shape index (κ2) is 4.94. The van der Waals surface area contributed by atoms with Crippen LogP contribution in [0.5, 0.6) is 0 Å². The van der Waals surface area contributed by atoms with Crippen molar-refractivity contribution in [2.45, 2.75) is 19.9 Å². The zero-order valence-corrected chi connectivity index (χ0v) is 9.03. The first-order valence-corrected chi connectivity index (χ1v) is 5.17. The van der Waals surface area contributed by atoms with Crippen molar-refractivity contribution in [1.29, 1.82) is 0 Å². The molecule has 78 valence electrons. The van der Waals surface area contributed by atoms with Crippen molar-refractivity contribution in [2.24, 2.45) is 5.92 Å². The smallest absolute Gasteiger partial charge is 0.0558 e. The Hall–Kier alpha value is -0.120. The molecule has 0 spiro atoms. The second-order valence-electron chi connectivity index (χ2n) is 4.40. The first kappa shape index (κ1) is 11.0. The molecule has 1 N–H and O–H groups in total. The molecular formula is C10H22N2O. The van der Waals surface area contributed by atoms with Crippen LogP contribution < -0.4 is 0 Å². The predicted octanol–water partition coefficient (Wildman–Crippen LogP) is 0.251. The molecule has 0 amide bonds. The van der Waals surface area contributed by atoms with E-state index in [0.29, 0.717) is 6.04 Å². The van der Waals surface area contributed by atoms with E-state index >= 15 is 0 Å². The summed E-state index contributed by atoms with van der Waals surface area (Å²) in [5, 5.41) is 8.73. The van der Waals surface area contributed by atoms with Gasteiger partial charge in [-0.1, -0.05) is 0 Å². The largest absolute Gasteiger partial charge is 0.395 e. The molecule has 0 atom stereocenters. The number of rotatable bonds is 5. The molecule has 1 rings (SSSR count). The van der Waals surface area contributed by atoms with Crippen LogP contribution in [0.1, 0.15) is 13.8 Å². The number of nitrogens with zero attached hydrogens (tertiary/aromatic N) is 2. The minimum atomic E-state index is 0.275. The maximum atomic E-state index is 8.73. The summed E-state index contributed by atoms with van der Waals surface area (Å²) in [6.07, 6.45) is 0. The van der Waals surface area contributed by atoms with E-state index in [2.05, 4.69) is 30.7 Å². The highest BCUT2D eigenvalue weighted by Crippen LogP contribution is 2.18. The summed E-state index contributed by atoms with van der Waals surface area (Å²) >= 11 is 0. The van der Waals surface area contributed by atoms with Crippen LogP contribution in [-0.2, 0) is 0 Å². The second-order valence-corrected chi connectivity index (χ2v) is 4.40. The molecule has 1 aliphatic heterocycles. The number of likely N-dealkylation sites (N-methyl/N-ethyl adjacent to an activating group) is 1. The Morgan fingerprint density at radius 1 is 1.46 bits per heavy atom. The molecule has 0 saturated carbocycles. The van der Waals surface area contributed by atoms with Gasteiger partial charge in [0.2, 0.25) is 0 Å². The molecule has 1 heterocycles. The topological polar surface area (TPSA) is 26.7 Å². The summed E-state index contributed by atoms with van der Waals surface area (Å²) in [6.45, 7) is 9.15. The van der Waals surface area contributed by atoms with Crippen molar-refractivity contribution in [3.63, 3.8) is 0 Å². The SMILES string of the molecule is CC(C)N1CC(CN(C)CCO)C1. The molecule has 0 radical (unpaired) electrons. The van der Waals surface area contributed by atoms with Crippen LogP contribution in [0.4, 0.5) is 0 Å². The predicted molar refractivity (Wildman–Crippen MR) is 54.8 cm³/mol. The van der Waals surface area contributed by atoms with E-state index < -0.39 is 0 Å². The van der Waals surface area contributed by atoms with E-state index in [4.69, 9.17) is 5.11 Å². The van der Waals surface area contributed by atoms with Gasteiger partial charge in [0.25, 0.3) is 0 Å². The summed E-state index contributed by atoms with van der Waals surface area (Å²) in [4.78, 5) is 4.69. The summed E-state index contributed by atoms with van der Waals surface area (Å²) in [6, 6.07) is 0.694.